The number of carbonyl (C=O) groups is 2. The van der Waals surface area contributed by atoms with E-state index in [1.165, 1.54) is 0 Å². The van der Waals surface area contributed by atoms with Gasteiger partial charge in [-0.3, -0.25) is 9.59 Å². The third-order valence-corrected chi connectivity index (χ3v) is 3.61. The highest BCUT2D eigenvalue weighted by atomic mass is 16.4. The Hall–Kier alpha value is -1.88. The van der Waals surface area contributed by atoms with Crippen molar-refractivity contribution in [2.75, 3.05) is 13.1 Å². The van der Waals surface area contributed by atoms with E-state index in [1.807, 2.05) is 12.1 Å². The number of carbonyl (C=O) groups excluding carboxylic acids is 1. The standard InChI is InChI=1S/C15H22N2O3/c1-3-15(2,14(19)20)10-17-13(18)12-7-5-4-6-11(12)8-9-16/h4-7H,3,8-10,16H2,1-2H3,(H,17,18)(H,19,20). The Morgan fingerprint density at radius 2 is 2.00 bits per heavy atom. The van der Waals surface area contributed by atoms with E-state index in [-0.39, 0.29) is 12.5 Å². The highest BCUT2D eigenvalue weighted by Crippen LogP contribution is 2.20. The Morgan fingerprint density at radius 3 is 2.55 bits per heavy atom. The molecule has 0 bridgehead atoms. The third kappa shape index (κ3) is 3.81. The lowest BCUT2D eigenvalue weighted by Crippen LogP contribution is -2.40. The minimum atomic E-state index is -0.946. The summed E-state index contributed by atoms with van der Waals surface area (Å²) in [4.78, 5) is 23.4. The summed E-state index contributed by atoms with van der Waals surface area (Å²) in [6.45, 7) is 3.99. The minimum Gasteiger partial charge on any atom is -0.481 e. The lowest BCUT2D eigenvalue weighted by Gasteiger charge is -2.23. The normalized spacial score (nSPS) is 13.6. The van der Waals surface area contributed by atoms with Crippen LogP contribution < -0.4 is 11.1 Å². The second kappa shape index (κ2) is 7.05. The molecule has 1 unspecified atom stereocenters. The Labute approximate surface area is 119 Å². The molecule has 1 aromatic carbocycles. The zero-order valence-electron chi connectivity index (χ0n) is 12.0. The van der Waals surface area contributed by atoms with Gasteiger partial charge in [0, 0.05) is 12.1 Å². The monoisotopic (exact) mass is 278 g/mol. The van der Waals surface area contributed by atoms with E-state index < -0.39 is 11.4 Å². The lowest BCUT2D eigenvalue weighted by molar-refractivity contribution is -0.147. The molecule has 0 saturated heterocycles. The van der Waals surface area contributed by atoms with Crippen LogP contribution in [-0.4, -0.2) is 30.1 Å². The number of nitrogens with one attached hydrogen (secondary N) is 1. The molecule has 4 N–H and O–H groups in total. The van der Waals surface area contributed by atoms with Gasteiger partial charge in [0.15, 0.2) is 0 Å². The van der Waals surface area contributed by atoms with Crippen LogP contribution in [0.1, 0.15) is 36.2 Å². The van der Waals surface area contributed by atoms with Gasteiger partial charge in [0.05, 0.1) is 5.41 Å². The van der Waals surface area contributed by atoms with Crippen molar-refractivity contribution in [3.63, 3.8) is 0 Å². The molecule has 1 aromatic rings. The topological polar surface area (TPSA) is 92.4 Å². The lowest BCUT2D eigenvalue weighted by atomic mass is 9.87. The van der Waals surface area contributed by atoms with Crippen LogP contribution in [0.5, 0.6) is 0 Å². The van der Waals surface area contributed by atoms with Crippen molar-refractivity contribution in [1.82, 2.24) is 5.32 Å². The van der Waals surface area contributed by atoms with Crippen molar-refractivity contribution in [3.8, 4) is 0 Å². The summed E-state index contributed by atoms with van der Waals surface area (Å²) in [5.41, 5.74) is 6.01. The molecule has 110 valence electrons. The fraction of sp³-hybridized carbons (Fsp3) is 0.467. The average molecular weight is 278 g/mol. The zero-order chi connectivity index (χ0) is 15.2. The quantitative estimate of drug-likeness (QED) is 0.703. The highest BCUT2D eigenvalue weighted by Gasteiger charge is 2.31. The van der Waals surface area contributed by atoms with E-state index in [1.54, 1.807) is 26.0 Å². The summed E-state index contributed by atoms with van der Waals surface area (Å²) in [6.07, 6.45) is 1.07. The number of nitrogens with two attached hydrogens (primary N) is 1. The largest absolute Gasteiger partial charge is 0.481 e. The first-order valence-corrected chi connectivity index (χ1v) is 6.74. The van der Waals surface area contributed by atoms with Gasteiger partial charge in [0.2, 0.25) is 0 Å². The van der Waals surface area contributed by atoms with Gasteiger partial charge in [-0.05, 0) is 37.9 Å². The number of hydrogen-bond donors (Lipinski definition) is 3. The minimum absolute atomic E-state index is 0.106. The van der Waals surface area contributed by atoms with Gasteiger partial charge in [-0.25, -0.2) is 0 Å². The van der Waals surface area contributed by atoms with E-state index in [4.69, 9.17) is 5.73 Å². The van der Waals surface area contributed by atoms with Gasteiger partial charge in [-0.2, -0.15) is 0 Å². The van der Waals surface area contributed by atoms with Gasteiger partial charge in [-0.1, -0.05) is 25.1 Å². The van der Waals surface area contributed by atoms with Gasteiger partial charge in [-0.15, -0.1) is 0 Å². The maximum absolute atomic E-state index is 12.2. The number of amides is 1. The number of rotatable bonds is 7. The van der Waals surface area contributed by atoms with Gasteiger partial charge >= 0.3 is 5.97 Å². The second-order valence-electron chi connectivity index (χ2n) is 5.10. The molecular weight excluding hydrogens is 256 g/mol. The molecule has 1 atom stereocenters. The van der Waals surface area contributed by atoms with E-state index in [0.29, 0.717) is 24.9 Å². The fourth-order valence-corrected chi connectivity index (χ4v) is 1.84. The fourth-order valence-electron chi connectivity index (χ4n) is 1.84. The number of carboxylic acids is 1. The molecule has 0 saturated carbocycles. The number of hydrogen-bond acceptors (Lipinski definition) is 3. The number of aliphatic carboxylic acids is 1. The van der Waals surface area contributed by atoms with Gasteiger partial charge in [0.1, 0.15) is 0 Å². The van der Waals surface area contributed by atoms with E-state index in [0.717, 1.165) is 5.56 Å². The Morgan fingerprint density at radius 1 is 1.35 bits per heavy atom. The van der Waals surface area contributed by atoms with Crippen molar-refractivity contribution >= 4 is 11.9 Å². The first-order chi connectivity index (χ1) is 9.44. The molecule has 0 aliphatic carbocycles. The molecule has 1 rings (SSSR count). The smallest absolute Gasteiger partial charge is 0.311 e. The maximum atomic E-state index is 12.2. The first kappa shape index (κ1) is 16.2. The SMILES string of the molecule is CCC(C)(CNC(=O)c1ccccc1CCN)C(=O)O. The molecular formula is C15H22N2O3. The zero-order valence-corrected chi connectivity index (χ0v) is 12.0. The van der Waals surface area contributed by atoms with Crippen molar-refractivity contribution in [2.24, 2.45) is 11.1 Å². The third-order valence-electron chi connectivity index (χ3n) is 3.61. The van der Waals surface area contributed by atoms with Crippen LogP contribution in [-0.2, 0) is 11.2 Å². The summed E-state index contributed by atoms with van der Waals surface area (Å²) in [5.74, 6) is -1.16. The molecule has 20 heavy (non-hydrogen) atoms. The van der Waals surface area contributed by atoms with E-state index in [2.05, 4.69) is 5.32 Å². The van der Waals surface area contributed by atoms with E-state index >= 15 is 0 Å². The molecule has 0 aliphatic rings. The molecule has 0 heterocycles. The molecule has 0 spiro atoms. The molecule has 5 nitrogen and oxygen atoms in total. The van der Waals surface area contributed by atoms with Gasteiger partial charge < -0.3 is 16.2 Å². The maximum Gasteiger partial charge on any atom is 0.311 e. The van der Waals surface area contributed by atoms with E-state index in [9.17, 15) is 14.7 Å². The van der Waals surface area contributed by atoms with Crippen molar-refractivity contribution < 1.29 is 14.7 Å². The molecule has 0 aliphatic heterocycles. The predicted octanol–water partition coefficient (Wildman–Crippen LogP) is 1.42. The average Bonchev–Trinajstić information content (AvgIpc) is 2.45. The summed E-state index contributed by atoms with van der Waals surface area (Å²) in [5, 5.41) is 11.9. The van der Waals surface area contributed by atoms with Crippen molar-refractivity contribution in [2.45, 2.75) is 26.7 Å². The molecule has 1 amide bonds. The van der Waals surface area contributed by atoms with Crippen molar-refractivity contribution in [1.29, 1.82) is 0 Å². The molecule has 0 fully saturated rings. The van der Waals surface area contributed by atoms with Crippen LogP contribution in [0.4, 0.5) is 0 Å². The van der Waals surface area contributed by atoms with Crippen LogP contribution in [0.25, 0.3) is 0 Å². The summed E-state index contributed by atoms with van der Waals surface area (Å²) in [7, 11) is 0. The molecule has 5 heteroatoms. The highest BCUT2D eigenvalue weighted by molar-refractivity contribution is 5.96. The Balaban J connectivity index is 2.79. The van der Waals surface area contributed by atoms with Crippen LogP contribution in [0.2, 0.25) is 0 Å². The molecule has 0 aromatic heterocycles. The summed E-state index contributed by atoms with van der Waals surface area (Å²) in [6, 6.07) is 7.22. The first-order valence-electron chi connectivity index (χ1n) is 6.74. The number of benzene rings is 1. The van der Waals surface area contributed by atoms with Crippen LogP contribution in [0.3, 0.4) is 0 Å². The summed E-state index contributed by atoms with van der Waals surface area (Å²) < 4.78 is 0. The number of carboxylic acid groups (broad SMARTS) is 1. The Kier molecular flexibility index (Phi) is 5.70. The summed E-state index contributed by atoms with van der Waals surface area (Å²) >= 11 is 0. The second-order valence-corrected chi connectivity index (χ2v) is 5.10. The van der Waals surface area contributed by atoms with Crippen LogP contribution in [0.15, 0.2) is 24.3 Å². The molecule has 0 radical (unpaired) electrons. The van der Waals surface area contributed by atoms with Crippen LogP contribution >= 0.6 is 0 Å². The van der Waals surface area contributed by atoms with Crippen LogP contribution in [0, 0.1) is 5.41 Å². The van der Waals surface area contributed by atoms with Crippen molar-refractivity contribution in [3.05, 3.63) is 35.4 Å². The van der Waals surface area contributed by atoms with Gasteiger partial charge in [0.25, 0.3) is 5.91 Å². The Bertz CT molecular complexity index is 488. The predicted molar refractivity (Wildman–Crippen MR) is 77.6 cm³/mol.